The number of carbonyl (C=O) groups is 1. The number of carbonyl (C=O) groups excluding carboxylic acids is 1. The number of halogens is 1. The van der Waals surface area contributed by atoms with Crippen LogP contribution in [0.4, 0.5) is 0 Å². The van der Waals surface area contributed by atoms with E-state index in [1.54, 1.807) is 29.1 Å². The van der Waals surface area contributed by atoms with E-state index in [-0.39, 0.29) is 5.69 Å². The Balaban J connectivity index is 2.45. The van der Waals surface area contributed by atoms with E-state index < -0.39 is 5.24 Å². The number of hydrogen-bond donors (Lipinski definition) is 0. The summed E-state index contributed by atoms with van der Waals surface area (Å²) in [6.45, 7) is 0. The normalized spacial score (nSPS) is 10.3. The zero-order valence-electron chi connectivity index (χ0n) is 8.01. The quantitative estimate of drug-likeness (QED) is 0.728. The molecule has 0 aromatic carbocycles. The minimum Gasteiger partial charge on any atom is -0.275 e. The summed E-state index contributed by atoms with van der Waals surface area (Å²) in [6, 6.07) is 5.13. The maximum atomic E-state index is 10.9. The topological polar surface area (TPSA) is 47.8 Å². The van der Waals surface area contributed by atoms with Crippen LogP contribution < -0.4 is 0 Å². The fourth-order valence-electron chi connectivity index (χ4n) is 1.26. The van der Waals surface area contributed by atoms with Gasteiger partial charge in [0, 0.05) is 18.8 Å². The molecule has 0 unspecified atom stereocenters. The van der Waals surface area contributed by atoms with Gasteiger partial charge in [0.2, 0.25) is 0 Å². The maximum absolute atomic E-state index is 10.9. The Bertz CT molecular complexity index is 507. The molecule has 0 amide bonds. The Kier molecular flexibility index (Phi) is 2.51. The van der Waals surface area contributed by atoms with Crippen molar-refractivity contribution in [3.05, 3.63) is 36.3 Å². The van der Waals surface area contributed by atoms with Crippen molar-refractivity contribution in [2.24, 2.45) is 7.05 Å². The van der Waals surface area contributed by atoms with Gasteiger partial charge in [-0.3, -0.25) is 9.48 Å². The van der Waals surface area contributed by atoms with E-state index >= 15 is 0 Å². The molecular formula is C10H8ClN3O. The van der Waals surface area contributed by atoms with E-state index in [9.17, 15) is 4.79 Å². The van der Waals surface area contributed by atoms with E-state index in [0.29, 0.717) is 5.69 Å². The van der Waals surface area contributed by atoms with Crippen LogP contribution in [0.1, 0.15) is 10.5 Å². The lowest BCUT2D eigenvalue weighted by Crippen LogP contribution is -1.94. The first kappa shape index (κ1) is 9.86. The fraction of sp³-hybridized carbons (Fsp3) is 0.100. The van der Waals surface area contributed by atoms with E-state index in [1.165, 1.54) is 0 Å². The molecule has 0 bridgehead atoms. The highest BCUT2D eigenvalue weighted by Gasteiger charge is 2.06. The summed E-state index contributed by atoms with van der Waals surface area (Å²) in [7, 11) is 1.82. The minimum absolute atomic E-state index is 0.248. The van der Waals surface area contributed by atoms with Crippen LogP contribution in [0.2, 0.25) is 0 Å². The second kappa shape index (κ2) is 3.82. The number of nitrogens with zero attached hydrogens (tertiary/aromatic N) is 3. The summed E-state index contributed by atoms with van der Waals surface area (Å²) < 4.78 is 1.67. The molecule has 2 aromatic heterocycles. The Hall–Kier alpha value is -1.68. The molecule has 0 radical (unpaired) electrons. The van der Waals surface area contributed by atoms with Gasteiger partial charge in [-0.25, -0.2) is 4.98 Å². The molecule has 76 valence electrons. The third-order valence-corrected chi connectivity index (χ3v) is 2.14. The molecule has 0 saturated carbocycles. The molecule has 0 atom stereocenters. The van der Waals surface area contributed by atoms with Crippen LogP contribution in [-0.2, 0) is 7.05 Å². The number of rotatable bonds is 2. The smallest absolute Gasteiger partial charge is 0.270 e. The number of hydrogen-bond acceptors (Lipinski definition) is 3. The van der Waals surface area contributed by atoms with Gasteiger partial charge in [0.05, 0.1) is 11.9 Å². The summed E-state index contributed by atoms with van der Waals surface area (Å²) in [5.41, 5.74) is 1.80. The Morgan fingerprint density at radius 2 is 2.27 bits per heavy atom. The SMILES string of the molecule is Cn1cc(-c2cccc(C(=O)Cl)n2)cn1. The van der Waals surface area contributed by atoms with Gasteiger partial charge in [-0.05, 0) is 23.7 Å². The number of aryl methyl sites for hydroxylation is 1. The molecule has 2 aromatic rings. The number of pyridine rings is 1. The number of aromatic nitrogens is 3. The molecular weight excluding hydrogens is 214 g/mol. The molecule has 4 nitrogen and oxygen atoms in total. The second-order valence-corrected chi connectivity index (χ2v) is 3.43. The van der Waals surface area contributed by atoms with Crippen LogP contribution in [0.3, 0.4) is 0 Å². The summed E-state index contributed by atoms with van der Waals surface area (Å²) in [6.07, 6.45) is 3.51. The Labute approximate surface area is 91.5 Å². The largest absolute Gasteiger partial charge is 0.275 e. The van der Waals surface area contributed by atoms with Gasteiger partial charge >= 0.3 is 0 Å². The fourth-order valence-corrected chi connectivity index (χ4v) is 1.36. The first-order valence-electron chi connectivity index (χ1n) is 4.33. The minimum atomic E-state index is -0.555. The predicted octanol–water partition coefficient (Wildman–Crippen LogP) is 1.86. The Morgan fingerprint density at radius 3 is 2.87 bits per heavy atom. The van der Waals surface area contributed by atoms with Crippen LogP contribution >= 0.6 is 11.6 Å². The molecule has 0 aliphatic carbocycles. The van der Waals surface area contributed by atoms with Crippen LogP contribution in [0.5, 0.6) is 0 Å². The average molecular weight is 222 g/mol. The summed E-state index contributed by atoms with van der Waals surface area (Å²) >= 11 is 5.35. The van der Waals surface area contributed by atoms with Crippen molar-refractivity contribution in [3.63, 3.8) is 0 Å². The first-order chi connectivity index (χ1) is 7.16. The molecule has 0 aliphatic heterocycles. The summed E-state index contributed by atoms with van der Waals surface area (Å²) in [5.74, 6) is 0. The molecule has 2 heterocycles. The molecule has 0 spiro atoms. The van der Waals surface area contributed by atoms with Gasteiger partial charge < -0.3 is 0 Å². The molecule has 0 saturated heterocycles. The first-order valence-corrected chi connectivity index (χ1v) is 4.70. The predicted molar refractivity (Wildman–Crippen MR) is 56.6 cm³/mol. The summed E-state index contributed by atoms with van der Waals surface area (Å²) in [5, 5.41) is 3.47. The van der Waals surface area contributed by atoms with Crippen molar-refractivity contribution in [2.75, 3.05) is 0 Å². The van der Waals surface area contributed by atoms with Crippen LogP contribution in [0.15, 0.2) is 30.6 Å². The van der Waals surface area contributed by atoms with Gasteiger partial charge in [-0.2, -0.15) is 5.10 Å². The zero-order chi connectivity index (χ0) is 10.8. The molecule has 2 rings (SSSR count). The maximum Gasteiger partial charge on any atom is 0.270 e. The van der Waals surface area contributed by atoms with Crippen molar-refractivity contribution in [3.8, 4) is 11.3 Å². The molecule has 0 N–H and O–H groups in total. The van der Waals surface area contributed by atoms with Crippen LogP contribution in [0, 0.1) is 0 Å². The third-order valence-electron chi connectivity index (χ3n) is 1.95. The average Bonchev–Trinajstić information content (AvgIpc) is 2.65. The van der Waals surface area contributed by atoms with E-state index in [1.807, 2.05) is 13.2 Å². The van der Waals surface area contributed by atoms with Crippen LogP contribution in [0.25, 0.3) is 11.3 Å². The molecule has 5 heteroatoms. The standard InChI is InChI=1S/C10H8ClN3O/c1-14-6-7(5-12-14)8-3-2-4-9(13-8)10(11)15/h2-6H,1H3. The van der Waals surface area contributed by atoms with Crippen molar-refractivity contribution >= 4 is 16.8 Å². The van der Waals surface area contributed by atoms with Gasteiger partial charge in [-0.15, -0.1) is 0 Å². The lowest BCUT2D eigenvalue weighted by Gasteiger charge is -1.97. The van der Waals surface area contributed by atoms with Crippen molar-refractivity contribution in [1.29, 1.82) is 0 Å². The lowest BCUT2D eigenvalue weighted by molar-refractivity contribution is 0.107. The van der Waals surface area contributed by atoms with Crippen molar-refractivity contribution in [2.45, 2.75) is 0 Å². The van der Waals surface area contributed by atoms with E-state index in [2.05, 4.69) is 10.1 Å². The van der Waals surface area contributed by atoms with Gasteiger partial charge in [0.15, 0.2) is 0 Å². The monoisotopic (exact) mass is 221 g/mol. The zero-order valence-corrected chi connectivity index (χ0v) is 8.77. The molecule has 15 heavy (non-hydrogen) atoms. The van der Waals surface area contributed by atoms with Gasteiger partial charge in [-0.1, -0.05) is 6.07 Å². The summed E-state index contributed by atoms with van der Waals surface area (Å²) in [4.78, 5) is 15.0. The van der Waals surface area contributed by atoms with E-state index in [4.69, 9.17) is 11.6 Å². The Morgan fingerprint density at radius 1 is 1.47 bits per heavy atom. The third kappa shape index (κ3) is 2.05. The van der Waals surface area contributed by atoms with Crippen molar-refractivity contribution in [1.82, 2.24) is 14.8 Å². The second-order valence-electron chi connectivity index (χ2n) is 3.08. The highest BCUT2D eigenvalue weighted by molar-refractivity contribution is 6.67. The van der Waals surface area contributed by atoms with E-state index in [0.717, 1.165) is 5.56 Å². The molecule has 0 fully saturated rings. The molecule has 0 aliphatic rings. The highest BCUT2D eigenvalue weighted by Crippen LogP contribution is 2.16. The highest BCUT2D eigenvalue weighted by atomic mass is 35.5. The van der Waals surface area contributed by atoms with Crippen LogP contribution in [-0.4, -0.2) is 20.0 Å². The van der Waals surface area contributed by atoms with Gasteiger partial charge in [0.1, 0.15) is 5.69 Å². The lowest BCUT2D eigenvalue weighted by atomic mass is 10.2. The van der Waals surface area contributed by atoms with Gasteiger partial charge in [0.25, 0.3) is 5.24 Å². The van der Waals surface area contributed by atoms with Crippen molar-refractivity contribution < 1.29 is 4.79 Å².